The summed E-state index contributed by atoms with van der Waals surface area (Å²) >= 11 is 0. The molecule has 0 spiro atoms. The molecule has 3 rings (SSSR count). The van der Waals surface area contributed by atoms with Crippen molar-refractivity contribution in [2.75, 3.05) is 65.4 Å². The molecule has 2 N–H and O–H groups in total. The van der Waals surface area contributed by atoms with Gasteiger partial charge in [-0.3, -0.25) is 4.57 Å². The normalized spacial score (nSPS) is 19.4. The molecule has 0 unspecified atom stereocenters. The molecule has 276 valence electrons. The van der Waals surface area contributed by atoms with Crippen LogP contribution in [-0.4, -0.2) is 109 Å². The third kappa shape index (κ3) is 11.6. The van der Waals surface area contributed by atoms with Crippen LogP contribution in [0.3, 0.4) is 0 Å². The first-order chi connectivity index (χ1) is 23.3. The van der Waals surface area contributed by atoms with Crippen LogP contribution < -0.4 is 15.0 Å². The van der Waals surface area contributed by atoms with Crippen molar-refractivity contribution in [2.45, 2.75) is 70.0 Å². The van der Waals surface area contributed by atoms with E-state index in [1.807, 2.05) is 57.1 Å². The molecule has 0 saturated carbocycles. The quantitative estimate of drug-likeness (QED) is 0.184. The van der Waals surface area contributed by atoms with Crippen LogP contribution in [0, 0.1) is 5.92 Å². The summed E-state index contributed by atoms with van der Waals surface area (Å²) in [6.45, 7) is 7.42. The number of sulfonamides is 1. The first-order valence-corrected chi connectivity index (χ1v) is 19.6. The van der Waals surface area contributed by atoms with E-state index in [0.717, 1.165) is 11.3 Å². The second-order valence-corrected chi connectivity index (χ2v) is 15.8. The Hall–Kier alpha value is -2.75. The van der Waals surface area contributed by atoms with Crippen LogP contribution in [0.2, 0.25) is 0 Å². The van der Waals surface area contributed by atoms with Gasteiger partial charge in [0.05, 0.1) is 36.9 Å². The molecule has 0 aromatic heterocycles. The molecule has 5 atom stereocenters. The fraction of sp³-hybridized carbons (Fsp3) is 0.606. The van der Waals surface area contributed by atoms with Crippen molar-refractivity contribution in [1.82, 2.24) is 9.62 Å². The topological polar surface area (TPSA) is 162 Å². The Kier molecular flexibility index (Phi) is 15.8. The number of aliphatic hydroxyl groups excluding tert-OH is 1. The number of alkyl carbamates (subject to hydrolysis) is 1. The number of nitrogens with zero attached hydrogens (tertiary/aromatic N) is 2. The summed E-state index contributed by atoms with van der Waals surface area (Å²) in [5.74, 6) is 0.0704. The molecule has 1 fully saturated rings. The van der Waals surface area contributed by atoms with Crippen LogP contribution in [0.4, 0.5) is 10.5 Å². The largest absolute Gasteiger partial charge is 0.481 e. The van der Waals surface area contributed by atoms with Crippen LogP contribution in [0.25, 0.3) is 0 Å². The molecule has 1 heterocycles. The third-order valence-electron chi connectivity index (χ3n) is 7.97. The van der Waals surface area contributed by atoms with Gasteiger partial charge < -0.3 is 43.3 Å². The molecule has 0 bridgehead atoms. The van der Waals surface area contributed by atoms with E-state index in [1.54, 1.807) is 13.8 Å². The number of hydrogen-bond donors (Lipinski definition) is 2. The zero-order valence-corrected chi connectivity index (χ0v) is 31.2. The lowest BCUT2D eigenvalue weighted by Gasteiger charge is -2.30. The molecule has 1 saturated heterocycles. The summed E-state index contributed by atoms with van der Waals surface area (Å²) in [6, 6.07) is 12.4. The average molecular weight is 730 g/mol. The Morgan fingerprint density at radius 1 is 1.06 bits per heavy atom. The summed E-state index contributed by atoms with van der Waals surface area (Å²) in [6.07, 6.45) is -2.77. The van der Waals surface area contributed by atoms with E-state index in [1.165, 1.54) is 35.7 Å². The molecule has 0 radical (unpaired) electrons. The number of benzene rings is 2. The molecule has 2 aromatic rings. The fourth-order valence-corrected chi connectivity index (χ4v) is 8.16. The number of hydrogen-bond acceptors (Lipinski definition) is 12. The predicted octanol–water partition coefficient (Wildman–Crippen LogP) is 4.46. The van der Waals surface area contributed by atoms with Gasteiger partial charge in [0.15, 0.2) is 12.6 Å². The van der Waals surface area contributed by atoms with Crippen molar-refractivity contribution in [3.8, 4) is 5.75 Å². The summed E-state index contributed by atoms with van der Waals surface area (Å²) in [4.78, 5) is 15.0. The number of carbonyl (C=O) groups excluding carboxylic acids is 1. The smallest absolute Gasteiger partial charge is 0.407 e. The first kappa shape index (κ1) is 40.7. The van der Waals surface area contributed by atoms with E-state index in [2.05, 4.69) is 5.32 Å². The average Bonchev–Trinajstić information content (AvgIpc) is 3.42. The predicted molar refractivity (Wildman–Crippen MR) is 185 cm³/mol. The fourth-order valence-electron chi connectivity index (χ4n) is 5.29. The van der Waals surface area contributed by atoms with Crippen molar-refractivity contribution in [1.29, 1.82) is 0 Å². The zero-order valence-electron chi connectivity index (χ0n) is 29.4. The van der Waals surface area contributed by atoms with Gasteiger partial charge in [-0.25, -0.2) is 13.2 Å². The van der Waals surface area contributed by atoms with E-state index < -0.39 is 48.3 Å². The van der Waals surface area contributed by atoms with E-state index >= 15 is 0 Å². The van der Waals surface area contributed by atoms with Gasteiger partial charge in [-0.15, -0.1) is 0 Å². The highest BCUT2D eigenvalue weighted by Crippen LogP contribution is 2.47. The van der Waals surface area contributed by atoms with Crippen molar-refractivity contribution in [2.24, 2.45) is 5.92 Å². The minimum atomic E-state index is -4.09. The Bertz CT molecular complexity index is 1450. The van der Waals surface area contributed by atoms with Crippen LogP contribution in [0.15, 0.2) is 53.4 Å². The summed E-state index contributed by atoms with van der Waals surface area (Å²) in [7, 11) is -2.19. The highest BCUT2D eigenvalue weighted by Gasteiger charge is 2.38. The van der Waals surface area contributed by atoms with Gasteiger partial charge in [-0.05, 0) is 68.7 Å². The molecule has 1 aliphatic heterocycles. The Balaban J connectivity index is 1.78. The summed E-state index contributed by atoms with van der Waals surface area (Å²) < 4.78 is 74.1. The molecular weight excluding hydrogens is 677 g/mol. The highest BCUT2D eigenvalue weighted by molar-refractivity contribution is 7.89. The van der Waals surface area contributed by atoms with Crippen molar-refractivity contribution < 1.29 is 50.9 Å². The van der Waals surface area contributed by atoms with Crippen LogP contribution >= 0.6 is 7.60 Å². The second-order valence-electron chi connectivity index (χ2n) is 11.9. The SMILES string of the molecule is CCCN(C[C@@H](O)[C@H](Cc1ccc(N(C)C)cc1)NC(=O)O[C@H]1CO[C@@H](OC)[C@H]1C)S(=O)(=O)c1ccc(OCP(=O)(OCC)OCC)cc1. The minimum absolute atomic E-state index is 0.0237. The number of aliphatic hydroxyl groups is 1. The van der Waals surface area contributed by atoms with Gasteiger partial charge in [-0.1, -0.05) is 26.0 Å². The zero-order chi connectivity index (χ0) is 36.2. The van der Waals surface area contributed by atoms with Gasteiger partial charge in [-0.2, -0.15) is 4.31 Å². The van der Waals surface area contributed by atoms with E-state index in [9.17, 15) is 22.9 Å². The van der Waals surface area contributed by atoms with Gasteiger partial charge >= 0.3 is 13.7 Å². The number of amides is 1. The number of ether oxygens (including phenoxy) is 4. The minimum Gasteiger partial charge on any atom is -0.481 e. The number of rotatable bonds is 20. The standard InChI is InChI=1S/C33H52N3O11PS/c1-8-19-36(49(40,41)28-17-15-27(16-18-28)44-23-48(39,45-9-2)46-10-3)21-30(37)29(20-25-11-13-26(14-12-25)35(5)6)34-33(38)47-31-22-43-32(42-7)24(31)4/h11-18,24,29-32,37H,8-10,19-23H2,1-7H3,(H,34,38)/t24-,29-,30+,31-,32+/m0/s1. The van der Waals surface area contributed by atoms with Crippen molar-refractivity contribution >= 4 is 29.4 Å². The van der Waals surface area contributed by atoms with Crippen LogP contribution in [0.1, 0.15) is 39.7 Å². The van der Waals surface area contributed by atoms with Gasteiger partial charge in [0.25, 0.3) is 0 Å². The highest BCUT2D eigenvalue weighted by atomic mass is 32.2. The van der Waals surface area contributed by atoms with Gasteiger partial charge in [0.2, 0.25) is 10.0 Å². The molecule has 2 aromatic carbocycles. The summed E-state index contributed by atoms with van der Waals surface area (Å²) in [5, 5.41) is 14.3. The summed E-state index contributed by atoms with van der Waals surface area (Å²) in [5.41, 5.74) is 1.80. The van der Waals surface area contributed by atoms with E-state index in [4.69, 9.17) is 28.0 Å². The maximum Gasteiger partial charge on any atom is 0.407 e. The van der Waals surface area contributed by atoms with Gasteiger partial charge in [0.1, 0.15) is 11.9 Å². The first-order valence-electron chi connectivity index (χ1n) is 16.4. The second kappa shape index (κ2) is 19.0. The molecule has 0 aliphatic carbocycles. The lowest BCUT2D eigenvalue weighted by atomic mass is 10.0. The Labute approximate surface area is 290 Å². The number of anilines is 1. The number of methoxy groups -OCH3 is 1. The third-order valence-corrected chi connectivity index (χ3v) is 11.6. The lowest BCUT2D eigenvalue weighted by Crippen LogP contribution is -2.51. The monoisotopic (exact) mass is 729 g/mol. The molecule has 1 amide bonds. The van der Waals surface area contributed by atoms with Gasteiger partial charge in [0, 0.05) is 45.9 Å². The molecular formula is C33H52N3O11PS. The number of carbonyl (C=O) groups is 1. The van der Waals surface area contributed by atoms with E-state index in [0.29, 0.717) is 6.42 Å². The Morgan fingerprint density at radius 3 is 2.22 bits per heavy atom. The van der Waals surface area contributed by atoms with Crippen LogP contribution in [-0.2, 0) is 44.3 Å². The van der Waals surface area contributed by atoms with Crippen molar-refractivity contribution in [3.05, 3.63) is 54.1 Å². The Morgan fingerprint density at radius 2 is 1.69 bits per heavy atom. The molecule has 49 heavy (non-hydrogen) atoms. The van der Waals surface area contributed by atoms with E-state index in [-0.39, 0.29) is 62.2 Å². The number of nitrogens with one attached hydrogen (secondary N) is 1. The molecule has 14 nitrogen and oxygen atoms in total. The lowest BCUT2D eigenvalue weighted by molar-refractivity contribution is -0.107. The van der Waals surface area contributed by atoms with Crippen LogP contribution in [0.5, 0.6) is 5.75 Å². The molecule has 16 heteroatoms. The molecule has 1 aliphatic rings. The van der Waals surface area contributed by atoms with Crippen molar-refractivity contribution in [3.63, 3.8) is 0 Å². The maximum absolute atomic E-state index is 13.8. The maximum atomic E-state index is 13.8.